The highest BCUT2D eigenvalue weighted by molar-refractivity contribution is 9.10. The molecule has 1 radical (unpaired) electrons. The van der Waals surface area contributed by atoms with Crippen LogP contribution in [0.25, 0.3) is 11.1 Å². The summed E-state index contributed by atoms with van der Waals surface area (Å²) in [6.07, 6.45) is 0. The summed E-state index contributed by atoms with van der Waals surface area (Å²) in [6, 6.07) is 35.7. The van der Waals surface area contributed by atoms with Crippen molar-refractivity contribution in [1.82, 2.24) is 0 Å². The van der Waals surface area contributed by atoms with Crippen molar-refractivity contribution >= 4 is 33.0 Å². The van der Waals surface area contributed by atoms with Crippen molar-refractivity contribution in [3.8, 4) is 11.1 Å². The summed E-state index contributed by atoms with van der Waals surface area (Å²) in [6.45, 7) is 4.64. The molecular weight excluding hydrogens is 418 g/mol. The summed E-state index contributed by atoms with van der Waals surface area (Å²) in [7, 11) is 0. The molecule has 0 aromatic heterocycles. The van der Waals surface area contributed by atoms with E-state index in [0.717, 1.165) is 10.0 Å². The maximum atomic E-state index is 3.51. The Balaban J connectivity index is 1.75. The predicted molar refractivity (Wildman–Crippen MR) is 125 cm³/mol. The van der Waals surface area contributed by atoms with Gasteiger partial charge in [-0.15, -0.1) is 0 Å². The standard InChI is InChI=1S/C27H21BrN/c1-27(2)23-10-6-7-11-25(23)29(22-8-4-3-5-9-22)26-17-14-20(18-24(26)27)19-12-15-21(28)16-13-19/h3-12,14-18H,1-2H3. The van der Waals surface area contributed by atoms with Gasteiger partial charge < -0.3 is 4.90 Å². The van der Waals surface area contributed by atoms with E-state index in [1.165, 1.54) is 33.8 Å². The van der Waals surface area contributed by atoms with Crippen LogP contribution in [0.5, 0.6) is 0 Å². The third-order valence-electron chi connectivity index (χ3n) is 5.83. The Morgan fingerprint density at radius 1 is 0.759 bits per heavy atom. The van der Waals surface area contributed by atoms with Crippen LogP contribution in [0.15, 0.2) is 95.5 Å². The van der Waals surface area contributed by atoms with E-state index >= 15 is 0 Å². The minimum atomic E-state index is -0.0947. The second kappa shape index (κ2) is 6.89. The summed E-state index contributed by atoms with van der Waals surface area (Å²) >= 11 is 3.51. The van der Waals surface area contributed by atoms with Gasteiger partial charge in [0.25, 0.3) is 0 Å². The molecule has 0 N–H and O–H groups in total. The molecule has 1 aliphatic rings. The summed E-state index contributed by atoms with van der Waals surface area (Å²) in [5.74, 6) is 0. The predicted octanol–water partition coefficient (Wildman–Crippen LogP) is 8.03. The molecular formula is C27H21BrN. The zero-order valence-corrected chi connectivity index (χ0v) is 18.1. The Labute approximate surface area is 180 Å². The number of benzene rings is 4. The Bertz CT molecular complexity index is 1180. The summed E-state index contributed by atoms with van der Waals surface area (Å²) in [5, 5.41) is 0. The molecule has 0 atom stereocenters. The van der Waals surface area contributed by atoms with E-state index < -0.39 is 0 Å². The van der Waals surface area contributed by atoms with Crippen molar-refractivity contribution in [2.75, 3.05) is 4.90 Å². The first-order chi connectivity index (χ1) is 14.1. The number of fused-ring (bicyclic) bond motifs is 2. The van der Waals surface area contributed by atoms with Crippen LogP contribution in [-0.2, 0) is 5.41 Å². The molecule has 0 bridgehead atoms. The van der Waals surface area contributed by atoms with Crippen molar-refractivity contribution in [2.45, 2.75) is 19.3 Å². The third-order valence-corrected chi connectivity index (χ3v) is 6.32. The van der Waals surface area contributed by atoms with Crippen molar-refractivity contribution in [3.05, 3.63) is 113 Å². The fourth-order valence-electron chi connectivity index (χ4n) is 4.31. The molecule has 0 spiro atoms. The third kappa shape index (κ3) is 2.99. The summed E-state index contributed by atoms with van der Waals surface area (Å²) < 4.78 is 1.05. The van der Waals surface area contributed by atoms with Gasteiger partial charge in [-0.25, -0.2) is 0 Å². The highest BCUT2D eigenvalue weighted by Crippen LogP contribution is 2.52. The Morgan fingerprint density at radius 3 is 2.24 bits per heavy atom. The summed E-state index contributed by atoms with van der Waals surface area (Å²) in [5.41, 5.74) is 8.54. The lowest BCUT2D eigenvalue weighted by Gasteiger charge is -2.42. The van der Waals surface area contributed by atoms with Gasteiger partial charge >= 0.3 is 0 Å². The van der Waals surface area contributed by atoms with Gasteiger partial charge in [0.05, 0.1) is 11.4 Å². The van der Waals surface area contributed by atoms with Gasteiger partial charge in [0.2, 0.25) is 0 Å². The number of anilines is 3. The molecule has 1 aliphatic heterocycles. The monoisotopic (exact) mass is 438 g/mol. The molecule has 1 nitrogen and oxygen atoms in total. The number of halogens is 1. The van der Waals surface area contributed by atoms with Crippen LogP contribution in [-0.4, -0.2) is 0 Å². The number of nitrogens with zero attached hydrogens (tertiary/aromatic N) is 1. The number of para-hydroxylation sites is 2. The SMILES string of the molecule is CC1(C)c2ccccc2N(c2ccccc2)c2ccc(-c3[c]cc(Br)cc3)cc21. The van der Waals surface area contributed by atoms with Crippen LogP contribution in [0.3, 0.4) is 0 Å². The quantitative estimate of drug-likeness (QED) is 0.306. The minimum Gasteiger partial charge on any atom is -0.310 e. The van der Waals surface area contributed by atoms with E-state index in [-0.39, 0.29) is 5.41 Å². The molecule has 4 aromatic rings. The lowest BCUT2D eigenvalue weighted by Crippen LogP contribution is -2.30. The maximum absolute atomic E-state index is 3.51. The Hall–Kier alpha value is -2.84. The Kier molecular flexibility index (Phi) is 4.33. The van der Waals surface area contributed by atoms with Crippen LogP contribution in [0.2, 0.25) is 0 Å². The molecule has 29 heavy (non-hydrogen) atoms. The minimum absolute atomic E-state index is 0.0947. The highest BCUT2D eigenvalue weighted by Gasteiger charge is 2.36. The van der Waals surface area contributed by atoms with Gasteiger partial charge in [-0.3, -0.25) is 0 Å². The normalized spacial score (nSPS) is 14.2. The molecule has 0 amide bonds. The fourth-order valence-corrected chi connectivity index (χ4v) is 4.56. The topological polar surface area (TPSA) is 3.24 Å². The van der Waals surface area contributed by atoms with E-state index in [1.54, 1.807) is 0 Å². The van der Waals surface area contributed by atoms with Crippen LogP contribution in [0.1, 0.15) is 25.0 Å². The van der Waals surface area contributed by atoms with Crippen LogP contribution in [0.4, 0.5) is 17.1 Å². The molecule has 0 saturated carbocycles. The number of rotatable bonds is 2. The molecule has 0 unspecified atom stereocenters. The second-order valence-corrected chi connectivity index (χ2v) is 8.88. The first-order valence-electron chi connectivity index (χ1n) is 9.82. The number of hydrogen-bond acceptors (Lipinski definition) is 1. The largest absolute Gasteiger partial charge is 0.310 e. The fraction of sp³-hybridized carbons (Fsp3) is 0.111. The number of hydrogen-bond donors (Lipinski definition) is 0. The lowest BCUT2D eigenvalue weighted by molar-refractivity contribution is 0.632. The van der Waals surface area contributed by atoms with Crippen molar-refractivity contribution < 1.29 is 0 Å². The smallest absolute Gasteiger partial charge is 0.0503 e. The van der Waals surface area contributed by atoms with Crippen molar-refractivity contribution in [2.24, 2.45) is 0 Å². The molecule has 0 aliphatic carbocycles. The lowest BCUT2D eigenvalue weighted by atomic mass is 9.73. The molecule has 4 aromatic carbocycles. The first-order valence-corrected chi connectivity index (χ1v) is 10.6. The average Bonchev–Trinajstić information content (AvgIpc) is 2.75. The van der Waals surface area contributed by atoms with E-state index in [1.807, 2.05) is 6.07 Å². The zero-order chi connectivity index (χ0) is 20.0. The van der Waals surface area contributed by atoms with E-state index in [2.05, 4.69) is 126 Å². The van der Waals surface area contributed by atoms with Gasteiger partial charge in [0.1, 0.15) is 0 Å². The molecule has 2 heteroatoms. The van der Waals surface area contributed by atoms with Crippen LogP contribution >= 0.6 is 15.9 Å². The van der Waals surface area contributed by atoms with Crippen LogP contribution in [0, 0.1) is 6.07 Å². The average molecular weight is 439 g/mol. The second-order valence-electron chi connectivity index (χ2n) is 7.97. The highest BCUT2D eigenvalue weighted by atomic mass is 79.9. The van der Waals surface area contributed by atoms with Gasteiger partial charge in [-0.1, -0.05) is 78.3 Å². The maximum Gasteiger partial charge on any atom is 0.0503 e. The first kappa shape index (κ1) is 18.2. The van der Waals surface area contributed by atoms with Gasteiger partial charge in [0, 0.05) is 15.6 Å². The molecule has 0 fully saturated rings. The van der Waals surface area contributed by atoms with Crippen molar-refractivity contribution in [3.63, 3.8) is 0 Å². The van der Waals surface area contributed by atoms with E-state index in [0.29, 0.717) is 0 Å². The molecule has 141 valence electrons. The van der Waals surface area contributed by atoms with E-state index in [9.17, 15) is 0 Å². The zero-order valence-electron chi connectivity index (χ0n) is 16.5. The molecule has 5 rings (SSSR count). The molecule has 0 saturated heterocycles. The van der Waals surface area contributed by atoms with E-state index in [4.69, 9.17) is 0 Å². The van der Waals surface area contributed by atoms with Gasteiger partial charge in [-0.05, 0) is 70.8 Å². The van der Waals surface area contributed by atoms with Gasteiger partial charge in [-0.2, -0.15) is 0 Å². The summed E-state index contributed by atoms with van der Waals surface area (Å²) in [4.78, 5) is 2.38. The van der Waals surface area contributed by atoms with Crippen molar-refractivity contribution in [1.29, 1.82) is 0 Å². The van der Waals surface area contributed by atoms with Gasteiger partial charge in [0.15, 0.2) is 0 Å². The Morgan fingerprint density at radius 2 is 1.48 bits per heavy atom. The van der Waals surface area contributed by atoms with Crippen LogP contribution < -0.4 is 4.90 Å². The molecule has 1 heterocycles.